The second-order valence-electron chi connectivity index (χ2n) is 11.1. The average Bonchev–Trinajstić information content (AvgIpc) is 3.41. The Balaban J connectivity index is 1.57. The number of H-pyrrole nitrogens is 1. The molecule has 5 rings (SSSR count). The maximum absolute atomic E-state index is 13.6. The van der Waals surface area contributed by atoms with Gasteiger partial charge in [0.15, 0.2) is 5.82 Å². The summed E-state index contributed by atoms with van der Waals surface area (Å²) in [5, 5.41) is 14.1. The van der Waals surface area contributed by atoms with Crippen LogP contribution in [0.1, 0.15) is 68.2 Å². The Labute approximate surface area is 224 Å². The number of fused-ring (bicyclic) bond motifs is 1. The first-order valence-corrected chi connectivity index (χ1v) is 13.7. The van der Waals surface area contributed by atoms with Gasteiger partial charge in [0, 0.05) is 42.9 Å². The van der Waals surface area contributed by atoms with E-state index in [9.17, 15) is 4.79 Å². The summed E-state index contributed by atoms with van der Waals surface area (Å²) in [5.74, 6) is 0.716. The highest BCUT2D eigenvalue weighted by Gasteiger charge is 2.36. The highest BCUT2D eigenvalue weighted by atomic mass is 16.1. The number of hydrogen-bond acceptors (Lipinski definition) is 6. The molecule has 0 unspecified atom stereocenters. The predicted molar refractivity (Wildman–Crippen MR) is 153 cm³/mol. The number of aromatic nitrogens is 5. The summed E-state index contributed by atoms with van der Waals surface area (Å²) < 4.78 is 1.92. The SMILES string of the molecule is CCc1ccc2[nH]c(=O)c([C@@H](c3nnnn3C(C)(C)CC)N3CCN(c4cccc(C)c4C)CC3)cc2c1. The van der Waals surface area contributed by atoms with E-state index in [0.29, 0.717) is 11.4 Å². The van der Waals surface area contributed by atoms with Crippen LogP contribution in [0.2, 0.25) is 0 Å². The molecule has 2 aromatic heterocycles. The summed E-state index contributed by atoms with van der Waals surface area (Å²) in [6.45, 7) is 16.2. The molecule has 1 aliphatic heterocycles. The van der Waals surface area contributed by atoms with Crippen molar-refractivity contribution in [3.8, 4) is 0 Å². The fourth-order valence-electron chi connectivity index (χ4n) is 5.44. The fourth-order valence-corrected chi connectivity index (χ4v) is 5.44. The molecular formula is C30H39N7O. The molecule has 1 aliphatic rings. The van der Waals surface area contributed by atoms with Gasteiger partial charge in [-0.1, -0.05) is 32.0 Å². The normalized spacial score (nSPS) is 15.8. The third-order valence-electron chi connectivity index (χ3n) is 8.41. The van der Waals surface area contributed by atoms with Gasteiger partial charge in [0.05, 0.1) is 5.54 Å². The Morgan fingerprint density at radius 2 is 1.79 bits per heavy atom. The van der Waals surface area contributed by atoms with Crippen molar-refractivity contribution < 1.29 is 0 Å². The number of piperazine rings is 1. The van der Waals surface area contributed by atoms with E-state index in [2.05, 4.69) is 102 Å². The standard InChI is InChI=1S/C30H39N7O/c1-7-22-12-13-25-23(18-22)19-24(29(38)31-25)27(28-32-33-34-37(28)30(5,6)8-2)36-16-14-35(15-17-36)26-11-9-10-20(3)21(26)4/h9-13,18-19,27H,7-8,14-17H2,1-6H3,(H,31,38)/t27-/m0/s1. The van der Waals surface area contributed by atoms with Gasteiger partial charge in [-0.25, -0.2) is 4.68 Å². The molecule has 1 fully saturated rings. The molecule has 0 bridgehead atoms. The largest absolute Gasteiger partial charge is 0.369 e. The van der Waals surface area contributed by atoms with E-state index in [-0.39, 0.29) is 17.1 Å². The van der Waals surface area contributed by atoms with Crippen molar-refractivity contribution in [3.05, 3.63) is 80.9 Å². The Morgan fingerprint density at radius 1 is 1.03 bits per heavy atom. The maximum atomic E-state index is 13.6. The van der Waals surface area contributed by atoms with E-state index in [1.807, 2.05) is 16.8 Å². The van der Waals surface area contributed by atoms with E-state index in [0.717, 1.165) is 49.9 Å². The number of nitrogens with zero attached hydrogens (tertiary/aromatic N) is 6. The Morgan fingerprint density at radius 3 is 2.50 bits per heavy atom. The lowest BCUT2D eigenvalue weighted by atomic mass is 9.98. The summed E-state index contributed by atoms with van der Waals surface area (Å²) in [7, 11) is 0. The quantitative estimate of drug-likeness (QED) is 0.384. The molecular weight excluding hydrogens is 474 g/mol. The second-order valence-corrected chi connectivity index (χ2v) is 11.1. The molecule has 0 amide bonds. The van der Waals surface area contributed by atoms with Crippen molar-refractivity contribution in [2.24, 2.45) is 0 Å². The third-order valence-corrected chi connectivity index (χ3v) is 8.41. The number of pyridine rings is 1. The summed E-state index contributed by atoms with van der Waals surface area (Å²) in [4.78, 5) is 21.6. The van der Waals surface area contributed by atoms with E-state index in [1.54, 1.807) is 0 Å². The van der Waals surface area contributed by atoms with Gasteiger partial charge in [0.2, 0.25) is 0 Å². The predicted octanol–water partition coefficient (Wildman–Crippen LogP) is 4.75. The van der Waals surface area contributed by atoms with Gasteiger partial charge in [-0.3, -0.25) is 9.69 Å². The molecule has 0 spiro atoms. The number of anilines is 1. The first-order valence-electron chi connectivity index (χ1n) is 13.7. The third kappa shape index (κ3) is 4.73. The lowest BCUT2D eigenvalue weighted by Crippen LogP contribution is -2.49. The molecule has 8 heteroatoms. The maximum Gasteiger partial charge on any atom is 0.253 e. The molecule has 0 saturated carbocycles. The number of hydrogen-bond donors (Lipinski definition) is 1. The zero-order valence-electron chi connectivity index (χ0n) is 23.5. The fraction of sp³-hybridized carbons (Fsp3) is 0.467. The highest BCUT2D eigenvalue weighted by Crippen LogP contribution is 2.32. The van der Waals surface area contributed by atoms with E-state index >= 15 is 0 Å². The minimum absolute atomic E-state index is 0.0902. The molecule has 1 atom stereocenters. The first-order chi connectivity index (χ1) is 18.2. The van der Waals surface area contributed by atoms with Gasteiger partial charge < -0.3 is 9.88 Å². The number of aromatic amines is 1. The molecule has 200 valence electrons. The number of nitrogens with one attached hydrogen (secondary N) is 1. The van der Waals surface area contributed by atoms with Gasteiger partial charge in [-0.05, 0) is 97.3 Å². The summed E-state index contributed by atoms with van der Waals surface area (Å²) in [6, 6.07) is 14.4. The number of benzene rings is 2. The molecule has 8 nitrogen and oxygen atoms in total. The van der Waals surface area contributed by atoms with Crippen molar-refractivity contribution in [1.82, 2.24) is 30.1 Å². The molecule has 38 heavy (non-hydrogen) atoms. The van der Waals surface area contributed by atoms with Crippen LogP contribution in [0.3, 0.4) is 0 Å². The number of rotatable bonds is 7. The van der Waals surface area contributed by atoms with Crippen LogP contribution in [0.5, 0.6) is 0 Å². The van der Waals surface area contributed by atoms with Crippen LogP contribution in [-0.2, 0) is 12.0 Å². The Hall–Kier alpha value is -3.52. The molecule has 2 aromatic carbocycles. The van der Waals surface area contributed by atoms with Crippen LogP contribution in [0, 0.1) is 13.8 Å². The van der Waals surface area contributed by atoms with E-state index in [1.165, 1.54) is 22.4 Å². The number of tetrazole rings is 1. The monoisotopic (exact) mass is 513 g/mol. The van der Waals surface area contributed by atoms with Crippen molar-refractivity contribution in [3.63, 3.8) is 0 Å². The molecule has 1 N–H and O–H groups in total. The Kier molecular flexibility index (Phi) is 7.09. The molecule has 0 aliphatic carbocycles. The van der Waals surface area contributed by atoms with Crippen molar-refractivity contribution in [2.45, 2.75) is 66.0 Å². The van der Waals surface area contributed by atoms with Gasteiger partial charge in [-0.2, -0.15) is 0 Å². The number of aryl methyl sites for hydroxylation is 2. The van der Waals surface area contributed by atoms with Gasteiger partial charge in [0.25, 0.3) is 5.56 Å². The zero-order valence-corrected chi connectivity index (χ0v) is 23.5. The second kappa shape index (κ2) is 10.3. The average molecular weight is 514 g/mol. The van der Waals surface area contributed by atoms with Crippen LogP contribution >= 0.6 is 0 Å². The summed E-state index contributed by atoms with van der Waals surface area (Å²) in [6.07, 6.45) is 1.81. The van der Waals surface area contributed by atoms with Crippen molar-refractivity contribution in [2.75, 3.05) is 31.1 Å². The zero-order chi connectivity index (χ0) is 27.0. The molecule has 0 radical (unpaired) electrons. The van der Waals surface area contributed by atoms with E-state index < -0.39 is 0 Å². The van der Waals surface area contributed by atoms with Gasteiger partial charge >= 0.3 is 0 Å². The lowest BCUT2D eigenvalue weighted by Gasteiger charge is -2.40. The van der Waals surface area contributed by atoms with Crippen LogP contribution in [0.25, 0.3) is 10.9 Å². The van der Waals surface area contributed by atoms with E-state index in [4.69, 9.17) is 0 Å². The van der Waals surface area contributed by atoms with Gasteiger partial charge in [0.1, 0.15) is 6.04 Å². The summed E-state index contributed by atoms with van der Waals surface area (Å²) >= 11 is 0. The van der Waals surface area contributed by atoms with Crippen LogP contribution in [0.4, 0.5) is 5.69 Å². The van der Waals surface area contributed by atoms with Crippen molar-refractivity contribution >= 4 is 16.6 Å². The molecule has 4 aromatic rings. The Bertz CT molecular complexity index is 1490. The minimum Gasteiger partial charge on any atom is -0.369 e. The highest BCUT2D eigenvalue weighted by molar-refractivity contribution is 5.80. The molecule has 1 saturated heterocycles. The topological polar surface area (TPSA) is 82.9 Å². The van der Waals surface area contributed by atoms with Crippen molar-refractivity contribution in [1.29, 1.82) is 0 Å². The van der Waals surface area contributed by atoms with Gasteiger partial charge in [-0.15, -0.1) is 5.10 Å². The smallest absolute Gasteiger partial charge is 0.253 e. The first kappa shape index (κ1) is 26.1. The van der Waals surface area contributed by atoms with Crippen LogP contribution in [-0.4, -0.2) is 56.3 Å². The lowest BCUT2D eigenvalue weighted by molar-refractivity contribution is 0.186. The molecule has 3 heterocycles. The van der Waals surface area contributed by atoms with Crippen LogP contribution < -0.4 is 10.5 Å². The minimum atomic E-state index is -0.352. The summed E-state index contributed by atoms with van der Waals surface area (Å²) in [5.41, 5.74) is 6.32. The van der Waals surface area contributed by atoms with Crippen LogP contribution in [0.15, 0.2) is 47.3 Å².